The van der Waals surface area contributed by atoms with E-state index < -0.39 is 5.82 Å². The van der Waals surface area contributed by atoms with Crippen molar-refractivity contribution in [2.24, 2.45) is 0 Å². The van der Waals surface area contributed by atoms with Crippen molar-refractivity contribution >= 4 is 34.8 Å². The van der Waals surface area contributed by atoms with Gasteiger partial charge in [-0.15, -0.1) is 0 Å². The third kappa shape index (κ3) is 5.11. The molecule has 194 valence electrons. The summed E-state index contributed by atoms with van der Waals surface area (Å²) in [5.41, 5.74) is 2.02. The molecule has 1 aromatic carbocycles. The van der Waals surface area contributed by atoms with Crippen molar-refractivity contribution < 1.29 is 9.13 Å². The Morgan fingerprint density at radius 2 is 1.92 bits per heavy atom. The van der Waals surface area contributed by atoms with Crippen LogP contribution < -0.4 is 25.2 Å². The molecule has 9 nitrogen and oxygen atoms in total. The molecular formula is C27H33FN8O. The Kier molecular flexibility index (Phi) is 6.65. The molecule has 0 radical (unpaired) electrons. The van der Waals surface area contributed by atoms with E-state index in [2.05, 4.69) is 49.6 Å². The minimum atomic E-state index is -0.465. The number of benzene rings is 1. The number of ether oxygens (including phenoxy) is 1. The molecule has 6 rings (SSSR count). The van der Waals surface area contributed by atoms with Crippen LogP contribution in [0.5, 0.6) is 5.75 Å². The molecule has 1 saturated heterocycles. The molecule has 0 atom stereocenters. The monoisotopic (exact) mass is 504 g/mol. The third-order valence-corrected chi connectivity index (χ3v) is 7.36. The average Bonchev–Trinajstić information content (AvgIpc) is 3.46. The number of nitrogens with zero attached hydrogens (tertiary/aromatic N) is 6. The molecule has 0 amide bonds. The first kappa shape index (κ1) is 23.7. The zero-order valence-corrected chi connectivity index (χ0v) is 21.2. The molecule has 0 bridgehead atoms. The van der Waals surface area contributed by atoms with Gasteiger partial charge in [0.05, 0.1) is 12.7 Å². The van der Waals surface area contributed by atoms with Crippen molar-refractivity contribution in [1.82, 2.24) is 19.9 Å². The maximum absolute atomic E-state index is 15.3. The van der Waals surface area contributed by atoms with Crippen LogP contribution in [0.3, 0.4) is 0 Å². The van der Waals surface area contributed by atoms with E-state index in [-0.39, 0.29) is 11.9 Å². The van der Waals surface area contributed by atoms with Crippen molar-refractivity contribution in [2.75, 3.05) is 66.8 Å². The molecular weight excluding hydrogens is 471 g/mol. The maximum Gasteiger partial charge on any atom is 0.229 e. The Balaban J connectivity index is 1.29. The Morgan fingerprint density at radius 3 is 2.76 bits per heavy atom. The average molecular weight is 505 g/mol. The number of pyridine rings is 1. The number of hydrogen-bond donors (Lipinski definition) is 2. The minimum Gasteiger partial charge on any atom is -0.488 e. The number of fused-ring (bicyclic) bond motifs is 1. The predicted molar refractivity (Wildman–Crippen MR) is 144 cm³/mol. The fraction of sp³-hybridized carbons (Fsp3) is 0.444. The van der Waals surface area contributed by atoms with Crippen LogP contribution in [0.4, 0.5) is 39.2 Å². The van der Waals surface area contributed by atoms with E-state index in [1.165, 1.54) is 6.20 Å². The lowest BCUT2D eigenvalue weighted by molar-refractivity contribution is 0.313. The van der Waals surface area contributed by atoms with Gasteiger partial charge in [-0.05, 0) is 50.2 Å². The van der Waals surface area contributed by atoms with Gasteiger partial charge >= 0.3 is 0 Å². The maximum atomic E-state index is 15.3. The number of aromatic nitrogens is 3. The van der Waals surface area contributed by atoms with Crippen molar-refractivity contribution in [3.8, 4) is 5.75 Å². The lowest BCUT2D eigenvalue weighted by Crippen LogP contribution is -2.44. The van der Waals surface area contributed by atoms with Crippen molar-refractivity contribution in [3.05, 3.63) is 48.4 Å². The van der Waals surface area contributed by atoms with Gasteiger partial charge in [0, 0.05) is 43.6 Å². The number of anilines is 6. The lowest BCUT2D eigenvalue weighted by atomic mass is 10.2. The zero-order valence-electron chi connectivity index (χ0n) is 21.2. The predicted octanol–water partition coefficient (Wildman–Crippen LogP) is 4.39. The highest BCUT2D eigenvalue weighted by Crippen LogP contribution is 2.37. The molecule has 3 aliphatic rings. The Bertz CT molecular complexity index is 1240. The molecule has 37 heavy (non-hydrogen) atoms. The fourth-order valence-electron chi connectivity index (χ4n) is 5.34. The van der Waals surface area contributed by atoms with E-state index in [1.54, 1.807) is 0 Å². The number of halogens is 1. The highest BCUT2D eigenvalue weighted by atomic mass is 19.1. The summed E-state index contributed by atoms with van der Waals surface area (Å²) in [5, 5.41) is 6.59. The molecule has 2 N–H and O–H groups in total. The van der Waals surface area contributed by atoms with Gasteiger partial charge < -0.3 is 30.1 Å². The van der Waals surface area contributed by atoms with Gasteiger partial charge in [0.1, 0.15) is 12.4 Å². The second-order valence-corrected chi connectivity index (χ2v) is 9.93. The van der Waals surface area contributed by atoms with Crippen LogP contribution in [0.2, 0.25) is 0 Å². The third-order valence-electron chi connectivity index (χ3n) is 7.36. The van der Waals surface area contributed by atoms with E-state index in [9.17, 15) is 0 Å². The summed E-state index contributed by atoms with van der Waals surface area (Å²) in [6.45, 7) is 5.35. The van der Waals surface area contributed by atoms with Gasteiger partial charge in [-0.2, -0.15) is 4.98 Å². The molecule has 2 aromatic heterocycles. The summed E-state index contributed by atoms with van der Waals surface area (Å²) in [6.07, 6.45) is 5.37. The van der Waals surface area contributed by atoms with Crippen molar-refractivity contribution in [3.63, 3.8) is 0 Å². The van der Waals surface area contributed by atoms with Crippen molar-refractivity contribution in [2.45, 2.75) is 31.7 Å². The molecule has 10 heteroatoms. The van der Waals surface area contributed by atoms with E-state index in [4.69, 9.17) is 9.72 Å². The van der Waals surface area contributed by atoms with E-state index in [1.807, 2.05) is 29.2 Å². The fourth-order valence-corrected chi connectivity index (χ4v) is 5.34. The van der Waals surface area contributed by atoms with Gasteiger partial charge in [-0.3, -0.25) is 0 Å². The Hall–Kier alpha value is -3.66. The molecule has 0 unspecified atom stereocenters. The highest BCUT2D eigenvalue weighted by Gasteiger charge is 2.30. The molecule has 4 heterocycles. The smallest absolute Gasteiger partial charge is 0.229 e. The van der Waals surface area contributed by atoms with Crippen LogP contribution in [-0.4, -0.2) is 72.3 Å². The molecule has 2 aliphatic heterocycles. The summed E-state index contributed by atoms with van der Waals surface area (Å²) >= 11 is 0. The first-order valence-corrected chi connectivity index (χ1v) is 13.1. The highest BCUT2D eigenvalue weighted by molar-refractivity contribution is 5.66. The summed E-state index contributed by atoms with van der Waals surface area (Å²) in [6, 6.07) is 12.1. The first-order chi connectivity index (χ1) is 18.1. The second-order valence-electron chi connectivity index (χ2n) is 9.93. The number of hydrogen-bond acceptors (Lipinski definition) is 9. The van der Waals surface area contributed by atoms with E-state index in [0.29, 0.717) is 36.5 Å². The standard InChI is InChI=1S/C27H33FN8O/c1-34-12-14-35(15-13-34)21-8-4-5-19(17-21)31-27-30-18-22(28)26(33-27)36(20-6-2-3-7-20)24-10-9-23-25(32-24)29-11-16-37-23/h4-5,8-10,17-18,20H,2-3,6-7,11-16H2,1H3,(H,29,32)(H,30,31,33). The molecule has 3 aromatic rings. The number of rotatable bonds is 6. The van der Waals surface area contributed by atoms with Gasteiger partial charge in [-0.1, -0.05) is 18.9 Å². The van der Waals surface area contributed by atoms with Crippen LogP contribution in [0.25, 0.3) is 0 Å². The van der Waals surface area contributed by atoms with Gasteiger partial charge in [0.25, 0.3) is 0 Å². The second kappa shape index (κ2) is 10.4. The summed E-state index contributed by atoms with van der Waals surface area (Å²) in [4.78, 5) is 20.4. The first-order valence-electron chi connectivity index (χ1n) is 13.1. The number of likely N-dealkylation sites (N-methyl/N-ethyl adjacent to an activating group) is 1. The van der Waals surface area contributed by atoms with Gasteiger partial charge in [-0.25, -0.2) is 14.4 Å². The Morgan fingerprint density at radius 1 is 1.08 bits per heavy atom. The number of piperazine rings is 1. The van der Waals surface area contributed by atoms with Crippen LogP contribution in [0, 0.1) is 5.82 Å². The molecule has 1 saturated carbocycles. The summed E-state index contributed by atoms with van der Waals surface area (Å²) in [5.74, 6) is 2.18. The van der Waals surface area contributed by atoms with Crippen LogP contribution >= 0.6 is 0 Å². The van der Waals surface area contributed by atoms with Crippen molar-refractivity contribution in [1.29, 1.82) is 0 Å². The summed E-state index contributed by atoms with van der Waals surface area (Å²) in [7, 11) is 2.15. The normalized spacial score (nSPS) is 18.2. The molecule has 0 spiro atoms. The number of nitrogens with one attached hydrogen (secondary N) is 2. The topological polar surface area (TPSA) is 81.7 Å². The van der Waals surface area contributed by atoms with E-state index in [0.717, 1.165) is 63.2 Å². The van der Waals surface area contributed by atoms with Crippen LogP contribution in [-0.2, 0) is 0 Å². The van der Waals surface area contributed by atoms with Gasteiger partial charge in [0.2, 0.25) is 5.95 Å². The zero-order chi connectivity index (χ0) is 25.2. The summed E-state index contributed by atoms with van der Waals surface area (Å²) < 4.78 is 21.0. The van der Waals surface area contributed by atoms with E-state index >= 15 is 4.39 Å². The van der Waals surface area contributed by atoms with Crippen LogP contribution in [0.1, 0.15) is 25.7 Å². The van der Waals surface area contributed by atoms with Gasteiger partial charge in [0.15, 0.2) is 23.2 Å². The molecule has 1 aliphatic carbocycles. The molecule has 2 fully saturated rings. The Labute approximate surface area is 216 Å². The van der Waals surface area contributed by atoms with Crippen LogP contribution in [0.15, 0.2) is 42.6 Å². The lowest BCUT2D eigenvalue weighted by Gasteiger charge is -2.34. The largest absolute Gasteiger partial charge is 0.488 e. The SMILES string of the molecule is CN1CCN(c2cccc(Nc3ncc(F)c(N(c4ccc5c(n4)NCCO5)C4CCCC4)n3)c2)CC1. The minimum absolute atomic E-state index is 0.118. The quantitative estimate of drug-likeness (QED) is 0.508.